The zero-order chi connectivity index (χ0) is 13.1. The summed E-state index contributed by atoms with van der Waals surface area (Å²) in [5.74, 6) is 0.807. The van der Waals surface area contributed by atoms with Crippen molar-refractivity contribution in [3.63, 3.8) is 0 Å². The summed E-state index contributed by atoms with van der Waals surface area (Å²) >= 11 is 5.87. The van der Waals surface area contributed by atoms with E-state index in [9.17, 15) is 8.42 Å². The molecule has 0 aliphatic heterocycles. The minimum Gasteiger partial charge on any atom is -0.332 e. The first kappa shape index (κ1) is 14.5. The number of aromatic amines is 1. The van der Waals surface area contributed by atoms with Crippen molar-refractivity contribution in [2.75, 3.05) is 5.88 Å². The van der Waals surface area contributed by atoms with Gasteiger partial charge in [-0.15, -0.1) is 11.6 Å². The van der Waals surface area contributed by atoms with Crippen LogP contribution in [0.15, 0.2) is 11.2 Å². The highest BCUT2D eigenvalue weighted by molar-refractivity contribution is 7.89. The minimum atomic E-state index is -3.59. The normalized spacial score (nSPS) is 12.9. The highest BCUT2D eigenvalue weighted by Crippen LogP contribution is 2.20. The zero-order valence-electron chi connectivity index (χ0n) is 10.2. The maximum absolute atomic E-state index is 12.1. The molecule has 2 N–H and O–H groups in total. The van der Waals surface area contributed by atoms with Gasteiger partial charge in [0, 0.05) is 11.4 Å². The summed E-state index contributed by atoms with van der Waals surface area (Å²) < 4.78 is 26.8. The van der Waals surface area contributed by atoms with Crippen LogP contribution in [0.1, 0.15) is 32.5 Å². The SMILES string of the molecule is CCC(CC)(CCl)NS(=O)(=O)c1cnc(C)[nH]1. The fourth-order valence-corrected chi connectivity index (χ4v) is 3.52. The molecule has 0 aromatic carbocycles. The highest BCUT2D eigenvalue weighted by Gasteiger charge is 2.32. The van der Waals surface area contributed by atoms with Crippen LogP contribution < -0.4 is 4.72 Å². The number of H-pyrrole nitrogens is 1. The molecule has 0 bridgehead atoms. The van der Waals surface area contributed by atoms with Gasteiger partial charge in [0.05, 0.1) is 6.20 Å². The molecule has 0 unspecified atom stereocenters. The van der Waals surface area contributed by atoms with Crippen molar-refractivity contribution in [3.05, 3.63) is 12.0 Å². The second-order valence-electron chi connectivity index (χ2n) is 4.06. The fourth-order valence-electron chi connectivity index (χ4n) is 1.49. The maximum Gasteiger partial charge on any atom is 0.258 e. The van der Waals surface area contributed by atoms with Gasteiger partial charge in [-0.3, -0.25) is 0 Å². The Morgan fingerprint density at radius 2 is 2.06 bits per heavy atom. The lowest BCUT2D eigenvalue weighted by Crippen LogP contribution is -2.49. The summed E-state index contributed by atoms with van der Waals surface area (Å²) in [5, 5.41) is 0.0754. The molecule has 0 amide bonds. The van der Waals surface area contributed by atoms with Gasteiger partial charge in [0.1, 0.15) is 5.82 Å². The van der Waals surface area contributed by atoms with Crippen LogP contribution in [0.3, 0.4) is 0 Å². The van der Waals surface area contributed by atoms with Crippen LogP contribution in [0.4, 0.5) is 0 Å². The van der Waals surface area contributed by atoms with Gasteiger partial charge in [0.15, 0.2) is 5.03 Å². The number of nitrogens with one attached hydrogen (secondary N) is 2. The maximum atomic E-state index is 12.1. The summed E-state index contributed by atoms with van der Waals surface area (Å²) in [7, 11) is -3.59. The molecule has 1 heterocycles. The molecular formula is C10H18ClN3O2S. The van der Waals surface area contributed by atoms with Gasteiger partial charge in [-0.1, -0.05) is 13.8 Å². The molecule has 5 nitrogen and oxygen atoms in total. The first-order valence-corrected chi connectivity index (χ1v) is 7.52. The van der Waals surface area contributed by atoms with Gasteiger partial charge in [0.2, 0.25) is 0 Å². The van der Waals surface area contributed by atoms with Crippen molar-refractivity contribution in [1.29, 1.82) is 0 Å². The van der Waals surface area contributed by atoms with E-state index in [0.29, 0.717) is 18.7 Å². The molecule has 1 aromatic rings. The Morgan fingerprint density at radius 1 is 1.47 bits per heavy atom. The molecule has 0 radical (unpaired) electrons. The molecule has 0 aliphatic rings. The van der Waals surface area contributed by atoms with Crippen LogP contribution in [-0.2, 0) is 10.0 Å². The smallest absolute Gasteiger partial charge is 0.258 e. The number of imidazole rings is 1. The van der Waals surface area contributed by atoms with Gasteiger partial charge in [-0.2, -0.15) is 0 Å². The van der Waals surface area contributed by atoms with Gasteiger partial charge in [-0.05, 0) is 19.8 Å². The summed E-state index contributed by atoms with van der Waals surface area (Å²) in [4.78, 5) is 6.59. The lowest BCUT2D eigenvalue weighted by molar-refractivity contribution is 0.393. The number of alkyl halides is 1. The van der Waals surface area contributed by atoms with Crippen molar-refractivity contribution < 1.29 is 8.42 Å². The van der Waals surface area contributed by atoms with Crippen molar-refractivity contribution in [1.82, 2.24) is 14.7 Å². The molecule has 7 heteroatoms. The average molecular weight is 280 g/mol. The number of hydrogen-bond donors (Lipinski definition) is 2. The number of sulfonamides is 1. The molecule has 1 aromatic heterocycles. The molecule has 17 heavy (non-hydrogen) atoms. The van der Waals surface area contributed by atoms with E-state index in [4.69, 9.17) is 11.6 Å². The van der Waals surface area contributed by atoms with E-state index in [1.54, 1.807) is 6.92 Å². The monoisotopic (exact) mass is 279 g/mol. The average Bonchev–Trinajstić information content (AvgIpc) is 2.74. The van der Waals surface area contributed by atoms with E-state index in [2.05, 4.69) is 14.7 Å². The van der Waals surface area contributed by atoms with E-state index < -0.39 is 15.6 Å². The molecule has 0 saturated heterocycles. The highest BCUT2D eigenvalue weighted by atomic mass is 35.5. The molecule has 1 rings (SSSR count). The molecule has 0 spiro atoms. The lowest BCUT2D eigenvalue weighted by Gasteiger charge is -2.29. The van der Waals surface area contributed by atoms with E-state index in [-0.39, 0.29) is 10.9 Å². The molecule has 98 valence electrons. The van der Waals surface area contributed by atoms with E-state index >= 15 is 0 Å². The quantitative estimate of drug-likeness (QED) is 0.780. The third kappa shape index (κ3) is 3.20. The van der Waals surface area contributed by atoms with Crippen molar-refractivity contribution in [2.45, 2.75) is 44.2 Å². The summed E-state index contributed by atoms with van der Waals surface area (Å²) in [6, 6.07) is 0. The fraction of sp³-hybridized carbons (Fsp3) is 0.700. The second kappa shape index (κ2) is 5.37. The summed E-state index contributed by atoms with van der Waals surface area (Å²) in [5.41, 5.74) is -0.598. The van der Waals surface area contributed by atoms with Gasteiger partial charge in [-0.25, -0.2) is 18.1 Å². The first-order valence-electron chi connectivity index (χ1n) is 5.50. The van der Waals surface area contributed by atoms with Crippen LogP contribution in [0, 0.1) is 6.92 Å². The third-order valence-electron chi connectivity index (χ3n) is 2.93. The van der Waals surface area contributed by atoms with Crippen LogP contribution >= 0.6 is 11.6 Å². The number of aromatic nitrogens is 2. The largest absolute Gasteiger partial charge is 0.332 e. The van der Waals surface area contributed by atoms with Gasteiger partial charge >= 0.3 is 0 Å². The zero-order valence-corrected chi connectivity index (χ0v) is 11.8. The molecule has 0 fully saturated rings. The van der Waals surface area contributed by atoms with Crippen LogP contribution in [0.25, 0.3) is 0 Å². The summed E-state index contributed by atoms with van der Waals surface area (Å²) in [6.45, 7) is 5.52. The molecule has 0 aliphatic carbocycles. The lowest BCUT2D eigenvalue weighted by atomic mass is 9.97. The second-order valence-corrected chi connectivity index (χ2v) is 5.98. The van der Waals surface area contributed by atoms with E-state index in [1.165, 1.54) is 6.20 Å². The Morgan fingerprint density at radius 3 is 2.41 bits per heavy atom. The first-order chi connectivity index (χ1) is 7.89. The van der Waals surface area contributed by atoms with Crippen LogP contribution in [0.5, 0.6) is 0 Å². The Balaban J connectivity index is 3.00. The topological polar surface area (TPSA) is 74.8 Å². The van der Waals surface area contributed by atoms with Crippen molar-refractivity contribution >= 4 is 21.6 Å². The Kier molecular flexibility index (Phi) is 4.57. The van der Waals surface area contributed by atoms with Gasteiger partial charge in [0.25, 0.3) is 10.0 Å². The van der Waals surface area contributed by atoms with Crippen molar-refractivity contribution in [2.24, 2.45) is 0 Å². The number of aryl methyl sites for hydroxylation is 1. The van der Waals surface area contributed by atoms with E-state index in [1.807, 2.05) is 13.8 Å². The number of hydrogen-bond acceptors (Lipinski definition) is 3. The van der Waals surface area contributed by atoms with Crippen molar-refractivity contribution in [3.8, 4) is 0 Å². The van der Waals surface area contributed by atoms with Crippen LogP contribution in [-0.4, -0.2) is 29.8 Å². The molecular weight excluding hydrogens is 262 g/mol. The van der Waals surface area contributed by atoms with E-state index in [0.717, 1.165) is 0 Å². The Labute approximate surface area is 107 Å². The third-order valence-corrected chi connectivity index (χ3v) is 4.93. The minimum absolute atomic E-state index is 0.0754. The number of rotatable bonds is 6. The van der Waals surface area contributed by atoms with Crippen LogP contribution in [0.2, 0.25) is 0 Å². The number of nitrogens with zero attached hydrogens (tertiary/aromatic N) is 1. The standard InChI is InChI=1S/C10H18ClN3O2S/c1-4-10(5-2,7-11)14-17(15,16)9-6-12-8(3)13-9/h6,14H,4-5,7H2,1-3H3,(H,12,13). The molecule has 0 atom stereocenters. The Bertz CT molecular complexity index is 457. The molecule has 0 saturated carbocycles. The Hall–Kier alpha value is -0.590. The predicted molar refractivity (Wildman–Crippen MR) is 67.7 cm³/mol. The van der Waals surface area contributed by atoms with Gasteiger partial charge < -0.3 is 4.98 Å². The predicted octanol–water partition coefficient (Wildman–Crippen LogP) is 1.79. The summed E-state index contributed by atoms with van der Waals surface area (Å²) in [6.07, 6.45) is 2.58. The number of halogens is 1.